The number of nitrogens with one attached hydrogen (secondary N) is 1. The monoisotopic (exact) mass is 500 g/mol. The number of nitrogens with zero attached hydrogens (tertiary/aromatic N) is 3. The maximum atomic E-state index is 12.8. The lowest BCUT2D eigenvalue weighted by molar-refractivity contribution is 0.120. The van der Waals surface area contributed by atoms with Crippen molar-refractivity contribution in [2.45, 2.75) is 57.0 Å². The number of benzene rings is 2. The number of piperidine rings is 1. The Kier molecular flexibility index (Phi) is 6.71. The van der Waals surface area contributed by atoms with Crippen LogP contribution in [-0.4, -0.2) is 34.1 Å². The number of amides is 1. The van der Waals surface area contributed by atoms with Crippen LogP contribution >= 0.6 is 0 Å². The summed E-state index contributed by atoms with van der Waals surface area (Å²) in [7, 11) is 1.84. The van der Waals surface area contributed by atoms with Gasteiger partial charge in [0.2, 0.25) is 0 Å². The van der Waals surface area contributed by atoms with Crippen LogP contribution in [0.25, 0.3) is 0 Å². The average molecular weight is 501 g/mol. The van der Waals surface area contributed by atoms with Gasteiger partial charge in [-0.05, 0) is 74.3 Å². The lowest BCUT2D eigenvalue weighted by atomic mass is 9.90. The Balaban J connectivity index is 1.20. The van der Waals surface area contributed by atoms with Gasteiger partial charge in [-0.25, -0.2) is 4.79 Å². The Bertz CT molecular complexity index is 1280. The van der Waals surface area contributed by atoms with Crippen molar-refractivity contribution >= 4 is 17.6 Å². The van der Waals surface area contributed by atoms with Crippen LogP contribution in [-0.2, 0) is 17.2 Å². The second-order valence-corrected chi connectivity index (χ2v) is 10.4. The molecule has 1 saturated carbocycles. The van der Waals surface area contributed by atoms with E-state index in [2.05, 4.69) is 46.2 Å². The Morgan fingerprint density at radius 1 is 1.16 bits per heavy atom. The van der Waals surface area contributed by atoms with E-state index in [9.17, 15) is 9.90 Å². The minimum absolute atomic E-state index is 0.228. The first-order valence-corrected chi connectivity index (χ1v) is 13.1. The van der Waals surface area contributed by atoms with E-state index < -0.39 is 6.09 Å². The van der Waals surface area contributed by atoms with Gasteiger partial charge < -0.3 is 14.7 Å². The van der Waals surface area contributed by atoms with Gasteiger partial charge in [-0.3, -0.25) is 10.00 Å². The van der Waals surface area contributed by atoms with Crippen molar-refractivity contribution in [1.82, 2.24) is 9.78 Å². The van der Waals surface area contributed by atoms with Crippen molar-refractivity contribution in [1.29, 1.82) is 0 Å². The van der Waals surface area contributed by atoms with E-state index in [0.717, 1.165) is 61.0 Å². The topological polar surface area (TPSA) is 79.6 Å². The van der Waals surface area contributed by atoms with E-state index in [-0.39, 0.29) is 17.3 Å². The van der Waals surface area contributed by atoms with Crippen LogP contribution < -0.4 is 10.2 Å². The van der Waals surface area contributed by atoms with Crippen LogP contribution in [0.3, 0.4) is 0 Å². The molecule has 2 heterocycles. The number of aliphatic hydroxyl groups excluding tert-OH is 1. The molecule has 7 nitrogen and oxygen atoms in total. The molecular formula is C30H36N4O3. The van der Waals surface area contributed by atoms with Gasteiger partial charge in [0.1, 0.15) is 11.9 Å². The molecule has 7 heteroatoms. The van der Waals surface area contributed by atoms with Gasteiger partial charge in [0.25, 0.3) is 0 Å². The predicted molar refractivity (Wildman–Crippen MR) is 146 cm³/mol. The molecule has 37 heavy (non-hydrogen) atoms. The SMILES string of the molecule is C=C(O)C1(c2ccc(N3CCC(c4cnn(C)c4NC(=O)O[C@H](C)c4ccccc4C)CC3)cc2)CC1. The molecule has 5 rings (SSSR count). The number of hydrogen-bond donors (Lipinski definition) is 2. The summed E-state index contributed by atoms with van der Waals surface area (Å²) in [6.07, 6.45) is 4.91. The third-order valence-corrected chi connectivity index (χ3v) is 8.12. The fraction of sp³-hybridized carbons (Fsp3) is 0.400. The smallest absolute Gasteiger partial charge is 0.413 e. The van der Waals surface area contributed by atoms with Crippen LogP contribution in [0.1, 0.15) is 66.9 Å². The molecule has 194 valence electrons. The molecule has 3 aromatic rings. The molecule has 2 N–H and O–H groups in total. The molecule has 0 radical (unpaired) electrons. The quantitative estimate of drug-likeness (QED) is 0.361. The molecule has 2 aliphatic rings. The zero-order chi connectivity index (χ0) is 26.2. The predicted octanol–water partition coefficient (Wildman–Crippen LogP) is 6.53. The minimum atomic E-state index is -0.475. The molecule has 1 amide bonds. The summed E-state index contributed by atoms with van der Waals surface area (Å²) >= 11 is 0. The molecule has 1 saturated heterocycles. The summed E-state index contributed by atoms with van der Waals surface area (Å²) in [5.74, 6) is 1.28. The Hall–Kier alpha value is -3.74. The zero-order valence-electron chi connectivity index (χ0n) is 21.9. The standard InChI is InChI=1S/C30H36N4O3/c1-20-7-5-6-8-26(20)21(2)37-29(36)32-28-27(19-31-33(28)4)23-13-17-34(18-14-23)25-11-9-24(10-12-25)30(15-16-30)22(3)35/h5-12,19,21,23,35H,3,13-18H2,1-2,4H3,(H,32,36)/t21-/m1/s1. The van der Waals surface area contributed by atoms with E-state index in [0.29, 0.717) is 11.7 Å². The number of carbonyl (C=O) groups is 1. The molecule has 1 aromatic heterocycles. The van der Waals surface area contributed by atoms with Crippen LogP contribution in [0.4, 0.5) is 16.3 Å². The highest BCUT2D eigenvalue weighted by molar-refractivity contribution is 5.84. The van der Waals surface area contributed by atoms with Crippen LogP contribution in [0.2, 0.25) is 0 Å². The van der Waals surface area contributed by atoms with Gasteiger partial charge in [-0.2, -0.15) is 5.10 Å². The lowest BCUT2D eigenvalue weighted by Crippen LogP contribution is -2.33. The number of aromatic nitrogens is 2. The summed E-state index contributed by atoms with van der Waals surface area (Å²) in [6.45, 7) is 9.52. The number of rotatable bonds is 7. The van der Waals surface area contributed by atoms with E-state index in [1.165, 1.54) is 5.69 Å². The Morgan fingerprint density at radius 3 is 2.46 bits per heavy atom. The average Bonchev–Trinajstić information content (AvgIpc) is 3.64. The van der Waals surface area contributed by atoms with Crippen LogP contribution in [0, 0.1) is 6.92 Å². The van der Waals surface area contributed by atoms with Crippen molar-refractivity contribution in [3.63, 3.8) is 0 Å². The summed E-state index contributed by atoms with van der Waals surface area (Å²) in [5, 5.41) is 17.4. The fourth-order valence-electron chi connectivity index (χ4n) is 5.61. The minimum Gasteiger partial charge on any atom is -0.512 e. The van der Waals surface area contributed by atoms with E-state index in [4.69, 9.17) is 4.74 Å². The van der Waals surface area contributed by atoms with Gasteiger partial charge in [0.15, 0.2) is 0 Å². The third-order valence-electron chi connectivity index (χ3n) is 8.12. The maximum Gasteiger partial charge on any atom is 0.413 e. The molecule has 1 atom stereocenters. The van der Waals surface area contributed by atoms with Crippen molar-refractivity contribution in [3.05, 3.63) is 89.3 Å². The second kappa shape index (κ2) is 9.96. The molecular weight excluding hydrogens is 464 g/mol. The molecule has 2 aromatic carbocycles. The largest absolute Gasteiger partial charge is 0.512 e. The summed E-state index contributed by atoms with van der Waals surface area (Å²) in [4.78, 5) is 15.2. The van der Waals surface area contributed by atoms with Crippen molar-refractivity contribution < 1.29 is 14.6 Å². The van der Waals surface area contributed by atoms with Crippen molar-refractivity contribution in [2.24, 2.45) is 7.05 Å². The molecule has 2 fully saturated rings. The number of aliphatic hydroxyl groups is 1. The number of hydrogen-bond acceptors (Lipinski definition) is 5. The third kappa shape index (κ3) is 4.95. The molecule has 1 aliphatic heterocycles. The van der Waals surface area contributed by atoms with E-state index in [1.807, 2.05) is 51.4 Å². The molecule has 1 aliphatic carbocycles. The van der Waals surface area contributed by atoms with Crippen molar-refractivity contribution in [2.75, 3.05) is 23.3 Å². The van der Waals surface area contributed by atoms with Gasteiger partial charge in [-0.1, -0.05) is 43.0 Å². The molecule has 0 unspecified atom stereocenters. The highest BCUT2D eigenvalue weighted by atomic mass is 16.6. The summed E-state index contributed by atoms with van der Waals surface area (Å²) in [5.41, 5.74) is 5.25. The van der Waals surface area contributed by atoms with Gasteiger partial charge in [0.05, 0.1) is 17.4 Å². The lowest BCUT2D eigenvalue weighted by Gasteiger charge is -2.34. The van der Waals surface area contributed by atoms with Crippen LogP contribution in [0.5, 0.6) is 0 Å². The fourth-order valence-corrected chi connectivity index (χ4v) is 5.61. The second-order valence-electron chi connectivity index (χ2n) is 10.4. The van der Waals surface area contributed by atoms with Gasteiger partial charge >= 0.3 is 6.09 Å². The zero-order valence-corrected chi connectivity index (χ0v) is 21.9. The first kappa shape index (κ1) is 24.9. The van der Waals surface area contributed by atoms with Crippen molar-refractivity contribution in [3.8, 4) is 0 Å². The van der Waals surface area contributed by atoms with E-state index >= 15 is 0 Å². The first-order chi connectivity index (χ1) is 17.8. The number of allylic oxidation sites excluding steroid dienone is 1. The summed E-state index contributed by atoms with van der Waals surface area (Å²) in [6, 6.07) is 16.5. The Morgan fingerprint density at radius 2 is 1.84 bits per heavy atom. The number of carbonyl (C=O) groups excluding carboxylic acids is 1. The highest BCUT2D eigenvalue weighted by Gasteiger charge is 2.47. The first-order valence-electron chi connectivity index (χ1n) is 13.1. The highest BCUT2D eigenvalue weighted by Crippen LogP contribution is 2.52. The molecule has 0 spiro atoms. The number of ether oxygens (including phenoxy) is 1. The van der Waals surface area contributed by atoms with Crippen LogP contribution in [0.15, 0.2) is 67.1 Å². The van der Waals surface area contributed by atoms with Gasteiger partial charge in [-0.15, -0.1) is 0 Å². The van der Waals surface area contributed by atoms with Gasteiger partial charge in [0, 0.05) is 31.4 Å². The molecule has 0 bridgehead atoms. The summed E-state index contributed by atoms with van der Waals surface area (Å²) < 4.78 is 7.41. The van der Waals surface area contributed by atoms with E-state index in [1.54, 1.807) is 4.68 Å². The number of anilines is 2. The normalized spacial score (nSPS) is 17.8. The Labute approximate surface area is 218 Å². The maximum absolute atomic E-state index is 12.8. The number of aryl methyl sites for hydroxylation is 2.